The summed E-state index contributed by atoms with van der Waals surface area (Å²) in [6.45, 7) is 3.89. The highest BCUT2D eigenvalue weighted by atomic mass is 16.2. The van der Waals surface area contributed by atoms with Crippen LogP contribution in [0, 0.1) is 12.8 Å². The Morgan fingerprint density at radius 1 is 1.67 bits per heavy atom. The van der Waals surface area contributed by atoms with E-state index in [1.165, 1.54) is 0 Å². The van der Waals surface area contributed by atoms with Gasteiger partial charge in [0.1, 0.15) is 5.82 Å². The number of aryl methyl sites for hydroxylation is 1. The van der Waals surface area contributed by atoms with E-state index in [0.29, 0.717) is 6.54 Å². The van der Waals surface area contributed by atoms with Crippen LogP contribution in [0.3, 0.4) is 0 Å². The van der Waals surface area contributed by atoms with Gasteiger partial charge in [0.15, 0.2) is 0 Å². The molecule has 5 heteroatoms. The third-order valence-electron chi connectivity index (χ3n) is 2.43. The Kier molecular flexibility index (Phi) is 2.91. The summed E-state index contributed by atoms with van der Waals surface area (Å²) in [7, 11) is 0. The number of amides is 1. The lowest BCUT2D eigenvalue weighted by atomic mass is 10.0. The molecule has 1 amide bonds. The quantitative estimate of drug-likeness (QED) is 0.707. The summed E-state index contributed by atoms with van der Waals surface area (Å²) in [4.78, 5) is 19.7. The number of hydrogen-bond donors (Lipinski definition) is 2. The summed E-state index contributed by atoms with van der Waals surface area (Å²) in [5.41, 5.74) is 0.850. The lowest BCUT2D eigenvalue weighted by Gasteiger charge is -2.25. The third-order valence-corrected chi connectivity index (χ3v) is 2.43. The first-order valence-corrected chi connectivity index (χ1v) is 5.02. The Bertz CT molecular complexity index is 362. The summed E-state index contributed by atoms with van der Waals surface area (Å²) < 4.78 is 0. The molecular weight excluding hydrogens is 192 g/mol. The van der Waals surface area contributed by atoms with Crippen LogP contribution in [0.25, 0.3) is 0 Å². The Hall–Kier alpha value is -1.49. The second-order valence-electron chi connectivity index (χ2n) is 3.67. The molecule has 80 valence electrons. The van der Waals surface area contributed by atoms with Crippen molar-refractivity contribution in [1.82, 2.24) is 20.6 Å². The smallest absolute Gasteiger partial charge is 0.226 e. The molecule has 1 fully saturated rings. The Morgan fingerprint density at radius 2 is 2.47 bits per heavy atom. The first kappa shape index (κ1) is 10.0. The van der Waals surface area contributed by atoms with Gasteiger partial charge >= 0.3 is 0 Å². The predicted octanol–water partition coefficient (Wildman–Crippen LogP) is -0.379. The van der Waals surface area contributed by atoms with Crippen LogP contribution >= 0.6 is 0 Å². The molecule has 1 aromatic rings. The molecule has 1 aliphatic heterocycles. The molecule has 0 aliphatic carbocycles. The van der Waals surface area contributed by atoms with Gasteiger partial charge in [0.05, 0.1) is 18.2 Å². The largest absolute Gasteiger partial charge is 0.350 e. The van der Waals surface area contributed by atoms with E-state index in [4.69, 9.17) is 0 Å². The molecule has 1 aliphatic rings. The molecule has 0 radical (unpaired) electrons. The number of hydrogen-bond acceptors (Lipinski definition) is 4. The van der Waals surface area contributed by atoms with Crippen molar-refractivity contribution in [3.05, 3.63) is 23.8 Å². The monoisotopic (exact) mass is 206 g/mol. The molecule has 2 N–H and O–H groups in total. The van der Waals surface area contributed by atoms with Gasteiger partial charge < -0.3 is 10.6 Å². The standard InChI is InChI=1S/C10H14N4O/c1-7-12-3-2-9(14-7)6-13-10(15)8-4-11-5-8/h2-3,8,11H,4-6H2,1H3,(H,13,15). The van der Waals surface area contributed by atoms with Gasteiger partial charge in [-0.05, 0) is 13.0 Å². The first-order valence-electron chi connectivity index (χ1n) is 5.02. The molecule has 0 saturated carbocycles. The third kappa shape index (κ3) is 2.50. The van der Waals surface area contributed by atoms with Crippen molar-refractivity contribution in [2.75, 3.05) is 13.1 Å². The molecule has 1 saturated heterocycles. The fourth-order valence-corrected chi connectivity index (χ4v) is 1.40. The first-order chi connectivity index (χ1) is 7.25. The molecular formula is C10H14N4O. The minimum atomic E-state index is 0.102. The number of carbonyl (C=O) groups excluding carboxylic acids is 1. The maximum absolute atomic E-state index is 11.5. The highest BCUT2D eigenvalue weighted by Crippen LogP contribution is 2.02. The zero-order chi connectivity index (χ0) is 10.7. The molecule has 2 rings (SSSR count). The molecule has 5 nitrogen and oxygen atoms in total. The highest BCUT2D eigenvalue weighted by molar-refractivity contribution is 5.79. The molecule has 0 bridgehead atoms. The zero-order valence-electron chi connectivity index (χ0n) is 8.66. The summed E-state index contributed by atoms with van der Waals surface area (Å²) in [5.74, 6) is 0.963. The average Bonchev–Trinajstić information content (AvgIpc) is 2.12. The Labute approximate surface area is 88.3 Å². The molecule has 15 heavy (non-hydrogen) atoms. The fraction of sp³-hybridized carbons (Fsp3) is 0.500. The van der Waals surface area contributed by atoms with Gasteiger partial charge in [-0.25, -0.2) is 9.97 Å². The predicted molar refractivity (Wildman–Crippen MR) is 55.0 cm³/mol. The molecule has 0 unspecified atom stereocenters. The van der Waals surface area contributed by atoms with Crippen LogP contribution in [0.4, 0.5) is 0 Å². The van der Waals surface area contributed by atoms with E-state index in [1.54, 1.807) is 6.20 Å². The van der Waals surface area contributed by atoms with Crippen molar-refractivity contribution in [3.8, 4) is 0 Å². The number of nitrogens with one attached hydrogen (secondary N) is 2. The van der Waals surface area contributed by atoms with E-state index in [9.17, 15) is 4.79 Å². The normalized spacial score (nSPS) is 15.8. The van der Waals surface area contributed by atoms with Crippen molar-refractivity contribution in [2.45, 2.75) is 13.5 Å². The van der Waals surface area contributed by atoms with E-state index in [1.807, 2.05) is 13.0 Å². The summed E-state index contributed by atoms with van der Waals surface area (Å²) in [5, 5.41) is 5.92. The van der Waals surface area contributed by atoms with E-state index in [-0.39, 0.29) is 11.8 Å². The van der Waals surface area contributed by atoms with Gasteiger partial charge in [-0.1, -0.05) is 0 Å². The minimum Gasteiger partial charge on any atom is -0.350 e. The van der Waals surface area contributed by atoms with Gasteiger partial charge in [-0.15, -0.1) is 0 Å². The fourth-order valence-electron chi connectivity index (χ4n) is 1.40. The maximum Gasteiger partial charge on any atom is 0.226 e. The minimum absolute atomic E-state index is 0.102. The topological polar surface area (TPSA) is 66.9 Å². The second kappa shape index (κ2) is 4.35. The lowest BCUT2D eigenvalue weighted by Crippen LogP contribution is -2.50. The van der Waals surface area contributed by atoms with Crippen molar-refractivity contribution in [2.24, 2.45) is 5.92 Å². The zero-order valence-corrected chi connectivity index (χ0v) is 8.66. The van der Waals surface area contributed by atoms with Gasteiger partial charge in [-0.2, -0.15) is 0 Å². The second-order valence-corrected chi connectivity index (χ2v) is 3.67. The summed E-state index contributed by atoms with van der Waals surface area (Å²) in [6, 6.07) is 1.81. The van der Waals surface area contributed by atoms with E-state index < -0.39 is 0 Å². The summed E-state index contributed by atoms with van der Waals surface area (Å²) in [6.07, 6.45) is 1.70. The van der Waals surface area contributed by atoms with E-state index >= 15 is 0 Å². The molecule has 1 aromatic heterocycles. The van der Waals surface area contributed by atoms with Crippen molar-refractivity contribution in [3.63, 3.8) is 0 Å². The number of aromatic nitrogens is 2. The van der Waals surface area contributed by atoms with Crippen LogP contribution in [-0.4, -0.2) is 29.0 Å². The summed E-state index contributed by atoms with van der Waals surface area (Å²) >= 11 is 0. The lowest BCUT2D eigenvalue weighted by molar-refractivity contribution is -0.126. The highest BCUT2D eigenvalue weighted by Gasteiger charge is 2.24. The molecule has 0 aromatic carbocycles. The average molecular weight is 206 g/mol. The van der Waals surface area contributed by atoms with Gasteiger partial charge in [-0.3, -0.25) is 4.79 Å². The van der Waals surface area contributed by atoms with Gasteiger partial charge in [0, 0.05) is 19.3 Å². The van der Waals surface area contributed by atoms with Gasteiger partial charge in [0.25, 0.3) is 0 Å². The molecule has 0 spiro atoms. The Balaban J connectivity index is 1.84. The van der Waals surface area contributed by atoms with Crippen LogP contribution in [-0.2, 0) is 11.3 Å². The number of nitrogens with zero attached hydrogens (tertiary/aromatic N) is 2. The van der Waals surface area contributed by atoms with Crippen LogP contribution in [0.15, 0.2) is 12.3 Å². The number of carbonyl (C=O) groups is 1. The van der Waals surface area contributed by atoms with Crippen LogP contribution < -0.4 is 10.6 Å². The van der Waals surface area contributed by atoms with Crippen molar-refractivity contribution < 1.29 is 4.79 Å². The van der Waals surface area contributed by atoms with E-state index in [2.05, 4.69) is 20.6 Å². The molecule has 0 atom stereocenters. The van der Waals surface area contributed by atoms with Crippen LogP contribution in [0.1, 0.15) is 11.5 Å². The number of rotatable bonds is 3. The van der Waals surface area contributed by atoms with Gasteiger partial charge in [0.2, 0.25) is 5.91 Å². The van der Waals surface area contributed by atoms with Crippen molar-refractivity contribution in [1.29, 1.82) is 0 Å². The van der Waals surface area contributed by atoms with E-state index in [0.717, 1.165) is 24.6 Å². The SMILES string of the molecule is Cc1nccc(CNC(=O)C2CNC2)n1. The Morgan fingerprint density at radius 3 is 3.07 bits per heavy atom. The van der Waals surface area contributed by atoms with Crippen LogP contribution in [0.5, 0.6) is 0 Å². The molecule has 2 heterocycles. The van der Waals surface area contributed by atoms with Crippen molar-refractivity contribution >= 4 is 5.91 Å². The van der Waals surface area contributed by atoms with Crippen LogP contribution in [0.2, 0.25) is 0 Å². The maximum atomic E-state index is 11.5.